The number of rotatable bonds is 7. The lowest BCUT2D eigenvalue weighted by atomic mass is 9.91. The van der Waals surface area contributed by atoms with E-state index in [4.69, 9.17) is 9.26 Å². The first-order valence-corrected chi connectivity index (χ1v) is 11.6. The van der Waals surface area contributed by atoms with Crippen LogP contribution in [-0.4, -0.2) is 17.7 Å². The largest absolute Gasteiger partial charge is 0.462 e. The molecule has 33 heavy (non-hydrogen) atoms. The first-order valence-electron chi connectivity index (χ1n) is 11.6. The highest BCUT2D eigenvalue weighted by Crippen LogP contribution is 2.51. The SMILES string of the molecule is CCOC(=O)c1c(-c2ccccc2)noc1-c1ccc(-c2ccc(C3(CC)CC3)cc2)cc1. The average molecular weight is 438 g/mol. The van der Waals surface area contributed by atoms with Gasteiger partial charge in [0.05, 0.1) is 6.61 Å². The molecule has 4 nitrogen and oxygen atoms in total. The van der Waals surface area contributed by atoms with E-state index in [0.717, 1.165) is 16.7 Å². The molecule has 5 rings (SSSR count). The van der Waals surface area contributed by atoms with Crippen molar-refractivity contribution >= 4 is 5.97 Å². The third-order valence-corrected chi connectivity index (χ3v) is 6.73. The summed E-state index contributed by atoms with van der Waals surface area (Å²) in [6.45, 7) is 4.35. The minimum Gasteiger partial charge on any atom is -0.462 e. The zero-order valence-corrected chi connectivity index (χ0v) is 19.0. The van der Waals surface area contributed by atoms with Crippen LogP contribution in [-0.2, 0) is 10.2 Å². The summed E-state index contributed by atoms with van der Waals surface area (Å²) in [5.74, 6) is -0.00924. The normalized spacial score (nSPS) is 14.1. The van der Waals surface area contributed by atoms with Gasteiger partial charge in [0.2, 0.25) is 0 Å². The molecule has 0 N–H and O–H groups in total. The van der Waals surface area contributed by atoms with Gasteiger partial charge in [0.25, 0.3) is 0 Å². The summed E-state index contributed by atoms with van der Waals surface area (Å²) in [6, 6.07) is 26.5. The number of carbonyl (C=O) groups is 1. The maximum atomic E-state index is 12.8. The molecule has 1 aliphatic carbocycles. The van der Waals surface area contributed by atoms with Crippen LogP contribution in [0.2, 0.25) is 0 Å². The second-order valence-electron chi connectivity index (χ2n) is 8.61. The van der Waals surface area contributed by atoms with E-state index in [1.165, 1.54) is 30.4 Å². The molecule has 1 heterocycles. The Labute approximate surface area is 194 Å². The Balaban J connectivity index is 1.47. The van der Waals surface area contributed by atoms with Gasteiger partial charge in [0.1, 0.15) is 11.3 Å². The van der Waals surface area contributed by atoms with Gasteiger partial charge >= 0.3 is 5.97 Å². The van der Waals surface area contributed by atoms with Gasteiger partial charge in [-0.05, 0) is 48.3 Å². The topological polar surface area (TPSA) is 52.3 Å². The van der Waals surface area contributed by atoms with Crippen molar-refractivity contribution in [2.75, 3.05) is 6.61 Å². The molecule has 0 spiro atoms. The summed E-state index contributed by atoms with van der Waals surface area (Å²) >= 11 is 0. The number of esters is 1. The average Bonchev–Trinajstić information content (AvgIpc) is 3.55. The molecule has 0 bridgehead atoms. The summed E-state index contributed by atoms with van der Waals surface area (Å²) < 4.78 is 11.0. The van der Waals surface area contributed by atoms with Crippen molar-refractivity contribution in [3.8, 4) is 33.7 Å². The Hall–Kier alpha value is -3.66. The Bertz CT molecular complexity index is 1250. The van der Waals surface area contributed by atoms with Crippen LogP contribution in [0.5, 0.6) is 0 Å². The Kier molecular flexibility index (Phi) is 5.59. The van der Waals surface area contributed by atoms with Crippen molar-refractivity contribution in [1.29, 1.82) is 0 Å². The van der Waals surface area contributed by atoms with E-state index >= 15 is 0 Å². The molecule has 0 atom stereocenters. The first-order chi connectivity index (χ1) is 16.1. The highest BCUT2D eigenvalue weighted by molar-refractivity contribution is 6.01. The van der Waals surface area contributed by atoms with E-state index in [1.54, 1.807) is 6.92 Å². The molecule has 0 amide bonds. The van der Waals surface area contributed by atoms with Gasteiger partial charge < -0.3 is 9.26 Å². The molecule has 1 aromatic heterocycles. The van der Waals surface area contributed by atoms with Crippen molar-refractivity contribution in [3.63, 3.8) is 0 Å². The van der Waals surface area contributed by atoms with Crippen molar-refractivity contribution in [3.05, 3.63) is 90.0 Å². The Morgan fingerprint density at radius 3 is 2.03 bits per heavy atom. The van der Waals surface area contributed by atoms with Crippen LogP contribution < -0.4 is 0 Å². The smallest absolute Gasteiger partial charge is 0.344 e. The lowest BCUT2D eigenvalue weighted by molar-refractivity contribution is 0.0527. The quantitative estimate of drug-likeness (QED) is 0.285. The van der Waals surface area contributed by atoms with Gasteiger partial charge in [0.15, 0.2) is 5.76 Å². The molecule has 166 valence electrons. The maximum absolute atomic E-state index is 12.8. The van der Waals surface area contributed by atoms with Crippen molar-refractivity contribution in [2.24, 2.45) is 0 Å². The highest BCUT2D eigenvalue weighted by atomic mass is 16.5. The van der Waals surface area contributed by atoms with E-state index in [-0.39, 0.29) is 6.61 Å². The molecule has 0 saturated heterocycles. The number of hydrogen-bond donors (Lipinski definition) is 0. The van der Waals surface area contributed by atoms with Gasteiger partial charge in [-0.2, -0.15) is 0 Å². The summed E-state index contributed by atoms with van der Waals surface area (Å²) in [6.07, 6.45) is 3.79. The monoisotopic (exact) mass is 437 g/mol. The van der Waals surface area contributed by atoms with Gasteiger partial charge in [-0.1, -0.05) is 90.9 Å². The van der Waals surface area contributed by atoms with Crippen LogP contribution in [0.4, 0.5) is 0 Å². The summed E-state index contributed by atoms with van der Waals surface area (Å²) in [5, 5.41) is 4.22. The van der Waals surface area contributed by atoms with Crippen molar-refractivity contribution in [1.82, 2.24) is 5.16 Å². The molecule has 1 fully saturated rings. The maximum Gasteiger partial charge on any atom is 0.344 e. The zero-order chi connectivity index (χ0) is 22.8. The number of carbonyl (C=O) groups excluding carboxylic acids is 1. The van der Waals surface area contributed by atoms with Crippen LogP contribution in [0, 0.1) is 0 Å². The second kappa shape index (κ2) is 8.70. The molecular formula is C29H27NO3. The van der Waals surface area contributed by atoms with Gasteiger partial charge in [0, 0.05) is 11.1 Å². The number of ether oxygens (including phenoxy) is 1. The molecule has 0 aliphatic heterocycles. The summed E-state index contributed by atoms with van der Waals surface area (Å²) in [4.78, 5) is 12.8. The molecule has 4 aromatic rings. The summed E-state index contributed by atoms with van der Waals surface area (Å²) in [5.41, 5.74) is 6.60. The Morgan fingerprint density at radius 1 is 0.848 bits per heavy atom. The van der Waals surface area contributed by atoms with Gasteiger partial charge in [-0.3, -0.25) is 0 Å². The minimum atomic E-state index is -0.433. The van der Waals surface area contributed by atoms with Crippen molar-refractivity contribution in [2.45, 2.75) is 38.5 Å². The number of aromatic nitrogens is 1. The molecule has 4 heteroatoms. The van der Waals surface area contributed by atoms with E-state index in [1.807, 2.05) is 42.5 Å². The van der Waals surface area contributed by atoms with Crippen LogP contribution in [0.1, 0.15) is 49.0 Å². The van der Waals surface area contributed by atoms with Gasteiger partial charge in [-0.25, -0.2) is 4.79 Å². The van der Waals surface area contributed by atoms with E-state index in [2.05, 4.69) is 48.5 Å². The Morgan fingerprint density at radius 2 is 1.45 bits per heavy atom. The van der Waals surface area contributed by atoms with Crippen LogP contribution in [0.15, 0.2) is 83.4 Å². The van der Waals surface area contributed by atoms with Crippen LogP contribution >= 0.6 is 0 Å². The fraction of sp³-hybridized carbons (Fsp3) is 0.241. The predicted molar refractivity (Wildman–Crippen MR) is 130 cm³/mol. The number of hydrogen-bond acceptors (Lipinski definition) is 4. The molecular weight excluding hydrogens is 410 g/mol. The zero-order valence-electron chi connectivity index (χ0n) is 19.0. The van der Waals surface area contributed by atoms with E-state index in [0.29, 0.717) is 22.4 Å². The molecule has 0 unspecified atom stereocenters. The second-order valence-corrected chi connectivity index (χ2v) is 8.61. The summed E-state index contributed by atoms with van der Waals surface area (Å²) in [7, 11) is 0. The fourth-order valence-electron chi connectivity index (χ4n) is 4.50. The molecule has 0 radical (unpaired) electrons. The first kappa shape index (κ1) is 21.2. The van der Waals surface area contributed by atoms with Gasteiger partial charge in [-0.15, -0.1) is 0 Å². The number of nitrogens with zero attached hydrogens (tertiary/aromatic N) is 1. The minimum absolute atomic E-state index is 0.284. The fourth-order valence-corrected chi connectivity index (χ4v) is 4.50. The van der Waals surface area contributed by atoms with Crippen molar-refractivity contribution < 1.29 is 14.1 Å². The third kappa shape index (κ3) is 3.97. The van der Waals surface area contributed by atoms with Crippen LogP contribution in [0.25, 0.3) is 33.7 Å². The van der Waals surface area contributed by atoms with Crippen LogP contribution in [0.3, 0.4) is 0 Å². The van der Waals surface area contributed by atoms with E-state index in [9.17, 15) is 4.79 Å². The third-order valence-electron chi connectivity index (χ3n) is 6.73. The number of benzene rings is 3. The predicted octanol–water partition coefficient (Wildman–Crippen LogP) is 7.29. The lowest BCUT2D eigenvalue weighted by Gasteiger charge is -2.13. The molecule has 1 saturated carbocycles. The highest BCUT2D eigenvalue weighted by Gasteiger charge is 2.42. The molecule has 1 aliphatic rings. The van der Waals surface area contributed by atoms with E-state index < -0.39 is 5.97 Å². The molecule has 3 aromatic carbocycles. The lowest BCUT2D eigenvalue weighted by Crippen LogP contribution is -2.06. The standard InChI is InChI=1S/C29H27NO3/c1-3-29(18-19-29)24-16-14-21(15-17-24)20-10-12-23(13-11-20)27-25(28(31)32-4-2)26(30-33-27)22-8-6-5-7-9-22/h5-17H,3-4,18-19H2,1-2H3.